The van der Waals surface area contributed by atoms with Crippen LogP contribution in [0.4, 0.5) is 17.6 Å². The van der Waals surface area contributed by atoms with Crippen molar-refractivity contribution in [3.05, 3.63) is 75.3 Å². The lowest BCUT2D eigenvalue weighted by Gasteiger charge is -2.32. The molecule has 0 saturated carbocycles. The number of H-pyrrole nitrogens is 1. The van der Waals surface area contributed by atoms with E-state index in [2.05, 4.69) is 5.09 Å². The fourth-order valence-electron chi connectivity index (χ4n) is 4.27. The number of nitrogens with one attached hydrogen (secondary N) is 2. The maximum Gasteiger partial charge on any atom is 0.459 e. The Morgan fingerprint density at radius 2 is 1.86 bits per heavy atom. The Bertz CT molecular complexity index is 1650. The predicted octanol–water partition coefficient (Wildman–Crippen LogP) is 3.19. The molecule has 1 aliphatic heterocycles. The van der Waals surface area contributed by atoms with Gasteiger partial charge in [0.15, 0.2) is 18.0 Å². The summed E-state index contributed by atoms with van der Waals surface area (Å²) >= 11 is 0. The molecule has 0 amide bonds. The van der Waals surface area contributed by atoms with E-state index in [1.54, 1.807) is 44.2 Å². The molecule has 4 rings (SSSR count). The van der Waals surface area contributed by atoms with Crippen molar-refractivity contribution in [1.82, 2.24) is 14.6 Å². The molecule has 0 bridgehead atoms. The van der Waals surface area contributed by atoms with Crippen molar-refractivity contribution < 1.29 is 50.5 Å². The molecule has 1 saturated heterocycles. The van der Waals surface area contributed by atoms with E-state index in [9.17, 15) is 37.2 Å². The molecule has 2 heterocycles. The average Bonchev–Trinajstić information content (AvgIpc) is 3.19. The molecular weight excluding hydrogens is 605 g/mol. The summed E-state index contributed by atoms with van der Waals surface area (Å²) < 4.78 is 93.0. The van der Waals surface area contributed by atoms with E-state index in [4.69, 9.17) is 18.5 Å². The van der Waals surface area contributed by atoms with Gasteiger partial charge in [-0.3, -0.25) is 23.7 Å². The van der Waals surface area contributed by atoms with Crippen LogP contribution >= 0.6 is 7.75 Å². The van der Waals surface area contributed by atoms with Gasteiger partial charge in [-0.05, 0) is 43.7 Å². The number of hydrogen-bond donors (Lipinski definition) is 3. The van der Waals surface area contributed by atoms with Gasteiger partial charge in [0, 0.05) is 0 Å². The molecule has 0 radical (unpaired) electrons. The Hall–Kier alpha value is -3.56. The number of hydrogen-bond acceptors (Lipinski definition) is 9. The number of ether oxygens (including phenoxy) is 2. The van der Waals surface area contributed by atoms with Crippen molar-refractivity contribution in [1.29, 1.82) is 0 Å². The molecule has 1 aromatic heterocycles. The van der Waals surface area contributed by atoms with Gasteiger partial charge in [-0.1, -0.05) is 30.3 Å². The number of benzene rings is 2. The largest absolute Gasteiger partial charge is 0.462 e. The molecule has 1 unspecified atom stereocenters. The van der Waals surface area contributed by atoms with Gasteiger partial charge in [-0.25, -0.2) is 22.5 Å². The monoisotopic (exact) mass is 633 g/mol. The van der Waals surface area contributed by atoms with Crippen LogP contribution in [0.3, 0.4) is 0 Å². The average molecular weight is 633 g/mol. The zero-order valence-corrected chi connectivity index (χ0v) is 23.8. The summed E-state index contributed by atoms with van der Waals surface area (Å²) in [7, 11) is -4.84. The number of aliphatic hydroxyl groups excluding tert-OH is 1. The van der Waals surface area contributed by atoms with Crippen LogP contribution < -0.4 is 20.9 Å². The number of rotatable bonds is 11. The van der Waals surface area contributed by atoms with Crippen molar-refractivity contribution in [2.45, 2.75) is 63.4 Å². The number of nitrogens with zero attached hydrogens (tertiary/aromatic N) is 1. The minimum atomic E-state index is -4.84. The van der Waals surface area contributed by atoms with Gasteiger partial charge in [0.1, 0.15) is 17.9 Å². The van der Waals surface area contributed by atoms with Gasteiger partial charge >= 0.3 is 19.4 Å². The van der Waals surface area contributed by atoms with Crippen LogP contribution in [0.1, 0.15) is 27.0 Å². The molecule has 1 fully saturated rings. The molecular formula is C26H28F4N3O9P. The fourth-order valence-corrected chi connectivity index (χ4v) is 5.79. The summed E-state index contributed by atoms with van der Waals surface area (Å²) in [5, 5.41) is 14.2. The summed E-state index contributed by atoms with van der Waals surface area (Å²) in [5.41, 5.74) is -6.15. The van der Waals surface area contributed by atoms with Gasteiger partial charge in [0.2, 0.25) is 5.82 Å². The first-order chi connectivity index (χ1) is 20.2. The maximum absolute atomic E-state index is 15.2. The quantitative estimate of drug-likeness (QED) is 0.163. The number of carbonyl (C=O) groups is 1. The van der Waals surface area contributed by atoms with Crippen LogP contribution in [-0.4, -0.2) is 63.7 Å². The number of alkyl halides is 3. The van der Waals surface area contributed by atoms with Crippen LogP contribution in [0.2, 0.25) is 0 Å². The topological polar surface area (TPSA) is 158 Å². The molecule has 2 aromatic carbocycles. The van der Waals surface area contributed by atoms with E-state index >= 15 is 4.39 Å². The first-order valence-electron chi connectivity index (χ1n) is 12.9. The van der Waals surface area contributed by atoms with Crippen molar-refractivity contribution in [3.8, 4) is 5.75 Å². The fraction of sp³-hybridized carbons (Fsp3) is 0.423. The Labute approximate surface area is 241 Å². The van der Waals surface area contributed by atoms with Crippen molar-refractivity contribution in [3.63, 3.8) is 0 Å². The smallest absolute Gasteiger partial charge is 0.459 e. The lowest BCUT2D eigenvalue weighted by molar-refractivity contribution is -0.193. The zero-order chi connectivity index (χ0) is 31.7. The highest BCUT2D eigenvalue weighted by Crippen LogP contribution is 2.50. The molecule has 234 valence electrons. The molecule has 12 nitrogen and oxygen atoms in total. The Morgan fingerprint density at radius 1 is 1.19 bits per heavy atom. The van der Waals surface area contributed by atoms with Crippen LogP contribution in [0.5, 0.6) is 5.75 Å². The minimum absolute atomic E-state index is 0.0746. The van der Waals surface area contributed by atoms with Crippen molar-refractivity contribution in [2.24, 2.45) is 0 Å². The van der Waals surface area contributed by atoms with Crippen LogP contribution in [-0.2, 0) is 23.4 Å². The second kappa shape index (κ2) is 12.6. The van der Waals surface area contributed by atoms with E-state index in [0.717, 1.165) is 5.39 Å². The third-order valence-corrected chi connectivity index (χ3v) is 8.07. The standard InChI is InChI=1S/C26H28F4N3O9P/c1-13(2)40-23(36)14(3)32-43(38,42-17-9-8-15-6-4-5-7-16(15)10-17)39-12-26(24(29)30)20(34)19(28)22(41-26)33-11-18(27)21(35)31-25(33)37/h4-11,13-14,19-20,22,24,34H,12H2,1-3H3,(H,32,38)(H,31,35,37)/t14-,19+,20-,22+,26+,43?/m0/s1. The van der Waals surface area contributed by atoms with Gasteiger partial charge in [0.25, 0.3) is 12.0 Å². The number of aromatic nitrogens is 2. The van der Waals surface area contributed by atoms with Crippen molar-refractivity contribution in [2.75, 3.05) is 6.61 Å². The third kappa shape index (κ3) is 6.83. The Balaban J connectivity index is 1.66. The number of halogens is 4. The highest BCUT2D eigenvalue weighted by molar-refractivity contribution is 7.52. The van der Waals surface area contributed by atoms with E-state index in [-0.39, 0.29) is 16.5 Å². The van der Waals surface area contributed by atoms with E-state index in [1.807, 2.05) is 0 Å². The molecule has 6 atom stereocenters. The summed E-state index contributed by atoms with van der Waals surface area (Å²) in [6.45, 7) is 2.84. The number of fused-ring (bicyclic) bond motifs is 1. The Morgan fingerprint density at radius 3 is 2.51 bits per heavy atom. The summed E-state index contributed by atoms with van der Waals surface area (Å²) in [6, 6.07) is 10.1. The number of aromatic amines is 1. The highest BCUT2D eigenvalue weighted by Gasteiger charge is 2.62. The van der Waals surface area contributed by atoms with Crippen LogP contribution in [0, 0.1) is 5.82 Å². The summed E-state index contributed by atoms with van der Waals surface area (Å²) in [5.74, 6) is -2.53. The summed E-state index contributed by atoms with van der Waals surface area (Å²) in [6.07, 6.45) is -11.9. The van der Waals surface area contributed by atoms with Gasteiger partial charge in [-0.15, -0.1) is 0 Å². The Kier molecular flexibility index (Phi) is 9.47. The lowest BCUT2D eigenvalue weighted by atomic mass is 9.97. The highest BCUT2D eigenvalue weighted by atomic mass is 31.2. The van der Waals surface area contributed by atoms with Gasteiger partial charge in [0.05, 0.1) is 18.9 Å². The van der Waals surface area contributed by atoms with E-state index < -0.39 is 80.1 Å². The number of aliphatic hydroxyl groups is 1. The lowest BCUT2D eigenvalue weighted by Crippen LogP contribution is -2.52. The number of esters is 1. The summed E-state index contributed by atoms with van der Waals surface area (Å²) in [4.78, 5) is 37.5. The molecule has 0 aliphatic carbocycles. The second-order valence-corrected chi connectivity index (χ2v) is 11.7. The third-order valence-electron chi connectivity index (χ3n) is 6.45. The van der Waals surface area contributed by atoms with Crippen molar-refractivity contribution >= 4 is 24.5 Å². The first-order valence-corrected chi connectivity index (χ1v) is 14.4. The second-order valence-electron chi connectivity index (χ2n) is 10.0. The molecule has 43 heavy (non-hydrogen) atoms. The molecule has 3 N–H and O–H groups in total. The molecule has 3 aromatic rings. The van der Waals surface area contributed by atoms with Crippen LogP contribution in [0.25, 0.3) is 10.8 Å². The van der Waals surface area contributed by atoms with E-state index in [1.165, 1.54) is 24.0 Å². The van der Waals surface area contributed by atoms with Gasteiger partial charge < -0.3 is 19.1 Å². The maximum atomic E-state index is 15.2. The normalized spacial score (nSPS) is 24.3. The van der Waals surface area contributed by atoms with Gasteiger partial charge in [-0.2, -0.15) is 9.48 Å². The first kappa shape index (κ1) is 32.4. The van der Waals surface area contributed by atoms with E-state index in [0.29, 0.717) is 5.39 Å². The van der Waals surface area contributed by atoms with Crippen LogP contribution in [0.15, 0.2) is 58.3 Å². The molecule has 17 heteroatoms. The zero-order valence-electron chi connectivity index (χ0n) is 22.9. The predicted molar refractivity (Wildman–Crippen MR) is 143 cm³/mol. The number of carbonyl (C=O) groups excluding carboxylic acids is 1. The molecule has 0 spiro atoms. The minimum Gasteiger partial charge on any atom is -0.462 e. The molecule has 1 aliphatic rings. The SMILES string of the molecule is CC(C)OC(=O)[C@H](C)NP(=O)(OC[C@@]1(C(F)F)O[C@@H](n2cc(F)c(=O)[nH]c2=O)[C@H](F)[C@@H]1O)Oc1ccc2ccccc2c1.